The van der Waals surface area contributed by atoms with Crippen molar-refractivity contribution >= 4 is 23.1 Å². The van der Waals surface area contributed by atoms with Crippen LogP contribution in [0.15, 0.2) is 48.7 Å². The fourth-order valence-electron chi connectivity index (χ4n) is 1.14. The molecular formula is C15H21ClN2. The summed E-state index contributed by atoms with van der Waals surface area (Å²) in [7, 11) is 0. The Bertz CT molecular complexity index is 416. The molecule has 1 aromatic heterocycles. The maximum absolute atomic E-state index is 5.95. The third-order valence-electron chi connectivity index (χ3n) is 1.80. The van der Waals surface area contributed by atoms with Crippen molar-refractivity contribution in [1.82, 2.24) is 4.98 Å². The standard InChI is InChI=1S/C11H9ClN2.2C2H6/c12-10-7-4-8-13-11(10)14-9-5-2-1-3-6-9;2*1-2/h1-8H,(H,13,14);2*1-2H3. The monoisotopic (exact) mass is 264 g/mol. The van der Waals surface area contributed by atoms with Crippen LogP contribution in [0.2, 0.25) is 5.02 Å². The molecule has 0 amide bonds. The summed E-state index contributed by atoms with van der Waals surface area (Å²) in [6, 6.07) is 13.4. The molecule has 0 fully saturated rings. The van der Waals surface area contributed by atoms with Gasteiger partial charge in [0.25, 0.3) is 0 Å². The summed E-state index contributed by atoms with van der Waals surface area (Å²) >= 11 is 5.95. The Kier molecular flexibility index (Phi) is 9.70. The first kappa shape index (κ1) is 16.5. The van der Waals surface area contributed by atoms with E-state index in [1.54, 1.807) is 18.3 Å². The lowest BCUT2D eigenvalue weighted by molar-refractivity contribution is 1.31. The first-order chi connectivity index (χ1) is 8.86. The minimum absolute atomic E-state index is 0.622. The Morgan fingerprint density at radius 3 is 2.06 bits per heavy atom. The van der Waals surface area contributed by atoms with Crippen LogP contribution in [0.25, 0.3) is 0 Å². The SMILES string of the molecule is CC.CC.Clc1cccnc1Nc1ccccc1. The molecule has 18 heavy (non-hydrogen) atoms. The van der Waals surface area contributed by atoms with Gasteiger partial charge in [-0.1, -0.05) is 57.5 Å². The van der Waals surface area contributed by atoms with Gasteiger partial charge in [-0.15, -0.1) is 0 Å². The highest BCUT2D eigenvalue weighted by Crippen LogP contribution is 2.21. The van der Waals surface area contributed by atoms with E-state index in [1.807, 2.05) is 58.0 Å². The van der Waals surface area contributed by atoms with Gasteiger partial charge in [-0.05, 0) is 24.3 Å². The molecule has 0 bridgehead atoms. The van der Waals surface area contributed by atoms with Gasteiger partial charge in [0.15, 0.2) is 0 Å². The van der Waals surface area contributed by atoms with Gasteiger partial charge < -0.3 is 5.32 Å². The predicted octanol–water partition coefficient (Wildman–Crippen LogP) is 5.53. The van der Waals surface area contributed by atoms with Crippen molar-refractivity contribution in [3.8, 4) is 0 Å². The van der Waals surface area contributed by atoms with Crippen LogP contribution in [0.3, 0.4) is 0 Å². The Balaban J connectivity index is 0.000000659. The van der Waals surface area contributed by atoms with Crippen molar-refractivity contribution in [2.75, 3.05) is 5.32 Å². The van der Waals surface area contributed by atoms with Crippen LogP contribution in [0.1, 0.15) is 27.7 Å². The molecule has 2 rings (SSSR count). The third-order valence-corrected chi connectivity index (χ3v) is 2.10. The van der Waals surface area contributed by atoms with Crippen molar-refractivity contribution in [2.45, 2.75) is 27.7 Å². The summed E-state index contributed by atoms with van der Waals surface area (Å²) < 4.78 is 0. The Morgan fingerprint density at radius 1 is 0.889 bits per heavy atom. The fourth-order valence-corrected chi connectivity index (χ4v) is 1.30. The van der Waals surface area contributed by atoms with Crippen molar-refractivity contribution in [3.63, 3.8) is 0 Å². The molecule has 0 unspecified atom stereocenters. The van der Waals surface area contributed by atoms with Gasteiger partial charge >= 0.3 is 0 Å². The van der Waals surface area contributed by atoms with Gasteiger partial charge in [-0.3, -0.25) is 0 Å². The summed E-state index contributed by atoms with van der Waals surface area (Å²) in [6.45, 7) is 8.00. The lowest BCUT2D eigenvalue weighted by Gasteiger charge is -2.05. The van der Waals surface area contributed by atoms with Gasteiger partial charge in [-0.25, -0.2) is 4.98 Å². The highest BCUT2D eigenvalue weighted by Gasteiger charge is 1.99. The molecule has 98 valence electrons. The van der Waals surface area contributed by atoms with Crippen LogP contribution in [0.5, 0.6) is 0 Å². The number of halogens is 1. The zero-order valence-electron chi connectivity index (χ0n) is 11.4. The Hall–Kier alpha value is -1.54. The van der Waals surface area contributed by atoms with Gasteiger partial charge in [-0.2, -0.15) is 0 Å². The van der Waals surface area contributed by atoms with E-state index in [1.165, 1.54) is 0 Å². The van der Waals surface area contributed by atoms with Gasteiger partial charge in [0.1, 0.15) is 5.82 Å². The number of hydrogen-bond donors (Lipinski definition) is 1. The average molecular weight is 265 g/mol. The number of para-hydroxylation sites is 1. The summed E-state index contributed by atoms with van der Waals surface area (Å²) in [5, 5.41) is 3.75. The molecule has 0 saturated heterocycles. The molecule has 0 radical (unpaired) electrons. The lowest BCUT2D eigenvalue weighted by Crippen LogP contribution is -1.92. The molecule has 1 N–H and O–H groups in total. The number of pyridine rings is 1. The maximum atomic E-state index is 5.95. The van der Waals surface area contributed by atoms with Crippen LogP contribution < -0.4 is 5.32 Å². The normalized spacial score (nSPS) is 8.28. The smallest absolute Gasteiger partial charge is 0.149 e. The van der Waals surface area contributed by atoms with E-state index in [0.29, 0.717) is 10.8 Å². The van der Waals surface area contributed by atoms with E-state index in [-0.39, 0.29) is 0 Å². The summed E-state index contributed by atoms with van der Waals surface area (Å²) in [5.74, 6) is 0.681. The van der Waals surface area contributed by atoms with Crippen molar-refractivity contribution in [1.29, 1.82) is 0 Å². The highest BCUT2D eigenvalue weighted by molar-refractivity contribution is 6.33. The molecule has 0 aliphatic heterocycles. The minimum atomic E-state index is 0.622. The van der Waals surface area contributed by atoms with Crippen LogP contribution in [-0.2, 0) is 0 Å². The molecule has 0 saturated carbocycles. The highest BCUT2D eigenvalue weighted by atomic mass is 35.5. The molecule has 1 aromatic carbocycles. The average Bonchev–Trinajstić information content (AvgIpc) is 2.47. The minimum Gasteiger partial charge on any atom is -0.339 e. The summed E-state index contributed by atoms with van der Waals surface area (Å²) in [6.07, 6.45) is 1.71. The first-order valence-corrected chi connectivity index (χ1v) is 6.66. The third kappa shape index (κ3) is 5.69. The molecular weight excluding hydrogens is 244 g/mol. The second kappa shape index (κ2) is 10.6. The van der Waals surface area contributed by atoms with Crippen LogP contribution in [0.4, 0.5) is 11.5 Å². The number of rotatable bonds is 2. The van der Waals surface area contributed by atoms with E-state index < -0.39 is 0 Å². The Labute approximate surface area is 115 Å². The fraction of sp³-hybridized carbons (Fsp3) is 0.267. The molecule has 1 heterocycles. The van der Waals surface area contributed by atoms with Gasteiger partial charge in [0.05, 0.1) is 5.02 Å². The molecule has 0 atom stereocenters. The topological polar surface area (TPSA) is 24.9 Å². The number of aromatic nitrogens is 1. The first-order valence-electron chi connectivity index (χ1n) is 6.29. The van der Waals surface area contributed by atoms with Crippen LogP contribution in [-0.4, -0.2) is 4.98 Å². The van der Waals surface area contributed by atoms with Gasteiger partial charge in [0.2, 0.25) is 0 Å². The molecule has 0 spiro atoms. The van der Waals surface area contributed by atoms with E-state index >= 15 is 0 Å². The van der Waals surface area contributed by atoms with E-state index in [4.69, 9.17) is 11.6 Å². The van der Waals surface area contributed by atoms with E-state index in [2.05, 4.69) is 10.3 Å². The number of hydrogen-bond acceptors (Lipinski definition) is 2. The second-order valence-corrected chi connectivity index (χ2v) is 3.23. The zero-order chi connectivity index (χ0) is 13.8. The molecule has 2 nitrogen and oxygen atoms in total. The van der Waals surface area contributed by atoms with E-state index in [9.17, 15) is 0 Å². The van der Waals surface area contributed by atoms with Crippen LogP contribution in [0, 0.1) is 0 Å². The molecule has 3 heteroatoms. The maximum Gasteiger partial charge on any atom is 0.149 e. The van der Waals surface area contributed by atoms with Crippen molar-refractivity contribution in [2.24, 2.45) is 0 Å². The number of benzene rings is 1. The summed E-state index contributed by atoms with van der Waals surface area (Å²) in [4.78, 5) is 4.13. The Morgan fingerprint density at radius 2 is 1.50 bits per heavy atom. The summed E-state index contributed by atoms with van der Waals surface area (Å²) in [5.41, 5.74) is 0.980. The quantitative estimate of drug-likeness (QED) is 0.771. The van der Waals surface area contributed by atoms with Crippen molar-refractivity contribution < 1.29 is 0 Å². The molecule has 2 aromatic rings. The van der Waals surface area contributed by atoms with Gasteiger partial charge in [0, 0.05) is 11.9 Å². The van der Waals surface area contributed by atoms with E-state index in [0.717, 1.165) is 5.69 Å². The lowest BCUT2D eigenvalue weighted by atomic mass is 10.3. The van der Waals surface area contributed by atoms with Crippen LogP contribution >= 0.6 is 11.6 Å². The largest absolute Gasteiger partial charge is 0.339 e. The number of nitrogens with one attached hydrogen (secondary N) is 1. The second-order valence-electron chi connectivity index (χ2n) is 2.82. The predicted molar refractivity (Wildman–Crippen MR) is 81.7 cm³/mol. The zero-order valence-corrected chi connectivity index (χ0v) is 12.2. The molecule has 0 aliphatic rings. The molecule has 0 aliphatic carbocycles. The van der Waals surface area contributed by atoms with Crippen molar-refractivity contribution in [3.05, 3.63) is 53.7 Å². The number of nitrogens with zero attached hydrogens (tertiary/aromatic N) is 1. The number of anilines is 2.